The molecule has 108 valence electrons. The summed E-state index contributed by atoms with van der Waals surface area (Å²) >= 11 is 1.73. The van der Waals surface area contributed by atoms with Gasteiger partial charge in [0.1, 0.15) is 0 Å². The maximum Gasteiger partial charge on any atom is 0.311 e. The van der Waals surface area contributed by atoms with E-state index < -0.39 is 11.4 Å². The summed E-state index contributed by atoms with van der Waals surface area (Å²) in [5.74, 6) is 0.0465. The summed E-state index contributed by atoms with van der Waals surface area (Å²) in [5.41, 5.74) is -0.672. The highest BCUT2D eigenvalue weighted by Crippen LogP contribution is 2.45. The summed E-state index contributed by atoms with van der Waals surface area (Å²) in [6, 6.07) is 10.1. The van der Waals surface area contributed by atoms with Crippen LogP contribution in [0.5, 0.6) is 0 Å². The summed E-state index contributed by atoms with van der Waals surface area (Å²) in [7, 11) is 0. The van der Waals surface area contributed by atoms with Gasteiger partial charge in [-0.3, -0.25) is 9.59 Å². The lowest BCUT2D eigenvalue weighted by molar-refractivity contribution is -0.143. The van der Waals surface area contributed by atoms with Gasteiger partial charge >= 0.3 is 5.97 Å². The lowest BCUT2D eigenvalue weighted by Gasteiger charge is -2.10. The predicted octanol–water partition coefficient (Wildman–Crippen LogP) is 2.54. The molecule has 0 unspecified atom stereocenters. The van der Waals surface area contributed by atoms with Crippen LogP contribution in [0.1, 0.15) is 25.7 Å². The van der Waals surface area contributed by atoms with E-state index in [9.17, 15) is 9.59 Å². The molecule has 0 spiro atoms. The molecule has 1 fully saturated rings. The summed E-state index contributed by atoms with van der Waals surface area (Å²) in [6.45, 7) is 0.271. The Morgan fingerprint density at radius 3 is 2.55 bits per heavy atom. The van der Waals surface area contributed by atoms with Crippen molar-refractivity contribution in [3.05, 3.63) is 30.3 Å². The molecule has 1 aliphatic rings. The van der Waals surface area contributed by atoms with Crippen LogP contribution in [0, 0.1) is 5.41 Å². The molecule has 1 aromatic rings. The van der Waals surface area contributed by atoms with E-state index in [1.165, 1.54) is 4.90 Å². The number of amides is 1. The Labute approximate surface area is 123 Å². The van der Waals surface area contributed by atoms with E-state index in [1.54, 1.807) is 11.8 Å². The molecule has 1 amide bonds. The number of carbonyl (C=O) groups is 2. The molecule has 2 rings (SSSR count). The maximum atomic E-state index is 11.6. The van der Waals surface area contributed by atoms with E-state index in [-0.39, 0.29) is 12.5 Å². The Balaban J connectivity index is 1.58. The number of carbonyl (C=O) groups excluding carboxylic acids is 1. The molecule has 0 atom stereocenters. The zero-order chi connectivity index (χ0) is 14.4. The topological polar surface area (TPSA) is 66.4 Å². The number of hydrogen-bond acceptors (Lipinski definition) is 3. The van der Waals surface area contributed by atoms with E-state index in [0.717, 1.165) is 12.2 Å². The van der Waals surface area contributed by atoms with Crippen molar-refractivity contribution in [3.63, 3.8) is 0 Å². The number of hydrogen-bond donors (Lipinski definition) is 2. The highest BCUT2D eigenvalue weighted by atomic mass is 32.2. The molecule has 2 N–H and O–H groups in total. The molecule has 5 heteroatoms. The van der Waals surface area contributed by atoms with Crippen molar-refractivity contribution >= 4 is 23.6 Å². The molecule has 4 nitrogen and oxygen atoms in total. The summed E-state index contributed by atoms with van der Waals surface area (Å²) < 4.78 is 0. The summed E-state index contributed by atoms with van der Waals surface area (Å²) in [5, 5.41) is 11.7. The van der Waals surface area contributed by atoms with Crippen molar-refractivity contribution in [1.29, 1.82) is 0 Å². The zero-order valence-corrected chi connectivity index (χ0v) is 12.1. The summed E-state index contributed by atoms with van der Waals surface area (Å²) in [4.78, 5) is 23.8. The Bertz CT molecular complexity index is 471. The number of aliphatic carboxylic acids is 1. The third kappa shape index (κ3) is 4.27. The lowest BCUT2D eigenvalue weighted by atomic mass is 10.1. The first-order chi connectivity index (χ1) is 9.62. The van der Waals surface area contributed by atoms with E-state index in [2.05, 4.69) is 17.4 Å². The first kappa shape index (κ1) is 14.9. The van der Waals surface area contributed by atoms with Crippen molar-refractivity contribution in [3.8, 4) is 0 Å². The number of carboxylic acids is 1. The van der Waals surface area contributed by atoms with E-state index in [0.29, 0.717) is 19.3 Å². The number of rotatable bonds is 8. The predicted molar refractivity (Wildman–Crippen MR) is 78.7 cm³/mol. The van der Waals surface area contributed by atoms with Crippen molar-refractivity contribution < 1.29 is 14.7 Å². The average Bonchev–Trinajstić information content (AvgIpc) is 3.24. The number of benzene rings is 1. The van der Waals surface area contributed by atoms with Crippen LogP contribution in [-0.4, -0.2) is 29.3 Å². The van der Waals surface area contributed by atoms with E-state index >= 15 is 0 Å². The first-order valence-electron chi connectivity index (χ1n) is 6.80. The molecule has 0 bridgehead atoms. The Morgan fingerprint density at radius 1 is 1.25 bits per heavy atom. The fraction of sp³-hybridized carbons (Fsp3) is 0.467. The van der Waals surface area contributed by atoms with Gasteiger partial charge < -0.3 is 10.4 Å². The van der Waals surface area contributed by atoms with Crippen LogP contribution < -0.4 is 5.32 Å². The van der Waals surface area contributed by atoms with Crippen LogP contribution in [-0.2, 0) is 9.59 Å². The molecule has 0 aromatic heterocycles. The van der Waals surface area contributed by atoms with Crippen molar-refractivity contribution in [2.75, 3.05) is 12.3 Å². The fourth-order valence-electron chi connectivity index (χ4n) is 1.91. The van der Waals surface area contributed by atoms with Crippen LogP contribution in [0.3, 0.4) is 0 Å². The smallest absolute Gasteiger partial charge is 0.311 e. The molecule has 1 aromatic carbocycles. The third-order valence-electron chi connectivity index (χ3n) is 3.49. The highest BCUT2D eigenvalue weighted by Gasteiger charge is 2.50. The lowest BCUT2D eigenvalue weighted by Crippen LogP contribution is -2.34. The molecule has 0 radical (unpaired) electrons. The van der Waals surface area contributed by atoms with Gasteiger partial charge in [0.25, 0.3) is 0 Å². The van der Waals surface area contributed by atoms with Gasteiger partial charge in [-0.25, -0.2) is 0 Å². The van der Waals surface area contributed by atoms with Gasteiger partial charge in [0, 0.05) is 17.9 Å². The largest absolute Gasteiger partial charge is 0.481 e. The van der Waals surface area contributed by atoms with Gasteiger partial charge in [-0.05, 0) is 37.1 Å². The highest BCUT2D eigenvalue weighted by molar-refractivity contribution is 7.99. The van der Waals surface area contributed by atoms with Gasteiger partial charge in [0.15, 0.2) is 0 Å². The Hall–Kier alpha value is -1.49. The second-order valence-electron chi connectivity index (χ2n) is 5.13. The van der Waals surface area contributed by atoms with Crippen LogP contribution in [0.15, 0.2) is 35.2 Å². The molecule has 1 saturated carbocycles. The normalized spacial score (nSPS) is 15.6. The quantitative estimate of drug-likeness (QED) is 0.571. The molecule has 20 heavy (non-hydrogen) atoms. The van der Waals surface area contributed by atoms with Crippen molar-refractivity contribution in [2.24, 2.45) is 5.41 Å². The maximum absolute atomic E-state index is 11.6. The van der Waals surface area contributed by atoms with Gasteiger partial charge in [0.05, 0.1) is 5.41 Å². The number of thioether (sulfide) groups is 1. The second-order valence-corrected chi connectivity index (χ2v) is 6.30. The molecule has 0 heterocycles. The van der Waals surface area contributed by atoms with Crippen molar-refractivity contribution in [1.82, 2.24) is 5.32 Å². The minimum Gasteiger partial charge on any atom is -0.481 e. The Kier molecular flexibility index (Phi) is 5.06. The number of carboxylic acid groups (broad SMARTS) is 1. The first-order valence-corrected chi connectivity index (χ1v) is 7.79. The SMILES string of the molecule is O=C(CCCSc1ccccc1)NCC1(C(=O)O)CC1. The monoisotopic (exact) mass is 293 g/mol. The standard InChI is InChI=1S/C15H19NO3S/c17-13(16-11-15(8-9-15)14(18)19)7-4-10-20-12-5-2-1-3-6-12/h1-3,5-6H,4,7-11H2,(H,16,17)(H,18,19). The molecular weight excluding hydrogens is 274 g/mol. The van der Waals surface area contributed by atoms with E-state index in [4.69, 9.17) is 5.11 Å². The van der Waals surface area contributed by atoms with Crippen LogP contribution in [0.25, 0.3) is 0 Å². The fourth-order valence-corrected chi connectivity index (χ4v) is 2.79. The van der Waals surface area contributed by atoms with Crippen LogP contribution in [0.2, 0.25) is 0 Å². The number of nitrogens with one attached hydrogen (secondary N) is 1. The van der Waals surface area contributed by atoms with E-state index in [1.807, 2.05) is 18.2 Å². The molecular formula is C15H19NO3S. The van der Waals surface area contributed by atoms with Gasteiger partial charge in [-0.1, -0.05) is 18.2 Å². The van der Waals surface area contributed by atoms with Gasteiger partial charge in [-0.2, -0.15) is 0 Å². The van der Waals surface area contributed by atoms with Crippen molar-refractivity contribution in [2.45, 2.75) is 30.6 Å². The second kappa shape index (κ2) is 6.79. The zero-order valence-electron chi connectivity index (χ0n) is 11.3. The molecule has 1 aliphatic carbocycles. The van der Waals surface area contributed by atoms with Gasteiger partial charge in [-0.15, -0.1) is 11.8 Å². The van der Waals surface area contributed by atoms with Crippen LogP contribution >= 0.6 is 11.8 Å². The molecule has 0 saturated heterocycles. The average molecular weight is 293 g/mol. The third-order valence-corrected chi connectivity index (χ3v) is 4.59. The van der Waals surface area contributed by atoms with Gasteiger partial charge in [0.2, 0.25) is 5.91 Å². The Morgan fingerprint density at radius 2 is 1.95 bits per heavy atom. The minimum absolute atomic E-state index is 0.0498. The van der Waals surface area contributed by atoms with Crippen LogP contribution in [0.4, 0.5) is 0 Å². The molecule has 0 aliphatic heterocycles. The summed E-state index contributed by atoms with van der Waals surface area (Å²) in [6.07, 6.45) is 2.60. The minimum atomic E-state index is -0.794.